The Morgan fingerprint density at radius 3 is 2.81 bits per heavy atom. The van der Waals surface area contributed by atoms with Crippen molar-refractivity contribution in [3.63, 3.8) is 0 Å². The summed E-state index contributed by atoms with van der Waals surface area (Å²) in [4.78, 5) is 15.1. The molecule has 2 rings (SSSR count). The van der Waals surface area contributed by atoms with Gasteiger partial charge in [-0.2, -0.15) is 11.8 Å². The zero-order valence-electron chi connectivity index (χ0n) is 12.5. The Morgan fingerprint density at radius 1 is 1.38 bits per heavy atom. The average Bonchev–Trinajstić information content (AvgIpc) is 2.86. The molecular formula is C14H22N4O2S. The monoisotopic (exact) mass is 310 g/mol. The van der Waals surface area contributed by atoms with E-state index in [-0.39, 0.29) is 10.6 Å². The number of hydrogen-bond donors (Lipinski definition) is 2. The summed E-state index contributed by atoms with van der Waals surface area (Å²) in [6.45, 7) is 4.79. The maximum Gasteiger partial charge on any atom is 0.276 e. The minimum atomic E-state index is -0.374. The smallest absolute Gasteiger partial charge is 0.276 e. The molecule has 1 fully saturated rings. The van der Waals surface area contributed by atoms with Gasteiger partial charge < -0.3 is 10.6 Å². The predicted molar refractivity (Wildman–Crippen MR) is 88.2 cm³/mol. The lowest BCUT2D eigenvalue weighted by atomic mass is 10.2. The number of nitrogens with one attached hydrogen (secondary N) is 2. The van der Waals surface area contributed by atoms with E-state index in [1.54, 1.807) is 0 Å². The van der Waals surface area contributed by atoms with Gasteiger partial charge in [-0.15, -0.1) is 0 Å². The SMILES string of the molecule is CCNc1cc([N+](=O)[O-])cc(NC2CCCC2SCC)n1. The molecule has 2 N–H and O–H groups in total. The topological polar surface area (TPSA) is 80.1 Å². The van der Waals surface area contributed by atoms with Gasteiger partial charge in [-0.1, -0.05) is 13.3 Å². The second-order valence-electron chi connectivity index (χ2n) is 5.06. The Bertz CT molecular complexity index is 498. The summed E-state index contributed by atoms with van der Waals surface area (Å²) in [5.41, 5.74) is 0.0705. The van der Waals surface area contributed by atoms with Gasteiger partial charge in [0.2, 0.25) is 0 Å². The van der Waals surface area contributed by atoms with E-state index in [1.165, 1.54) is 25.0 Å². The van der Waals surface area contributed by atoms with Crippen molar-refractivity contribution in [3.8, 4) is 0 Å². The van der Waals surface area contributed by atoms with Gasteiger partial charge in [0.15, 0.2) is 0 Å². The van der Waals surface area contributed by atoms with Gasteiger partial charge in [0.1, 0.15) is 11.6 Å². The number of hydrogen-bond acceptors (Lipinski definition) is 6. The lowest BCUT2D eigenvalue weighted by molar-refractivity contribution is -0.384. The van der Waals surface area contributed by atoms with Gasteiger partial charge in [0, 0.05) is 17.8 Å². The molecule has 0 amide bonds. The van der Waals surface area contributed by atoms with Crippen LogP contribution in [0.1, 0.15) is 33.1 Å². The Balaban J connectivity index is 2.16. The standard InChI is InChI=1S/C14H22N4O2S/c1-3-15-13-8-10(18(19)20)9-14(17-13)16-11-6-5-7-12(11)21-4-2/h8-9,11-12H,3-7H2,1-2H3,(H2,15,16,17). The molecular weight excluding hydrogens is 288 g/mol. The Labute approximate surface area is 129 Å². The normalized spacial score (nSPS) is 21.2. The molecule has 1 heterocycles. The van der Waals surface area contributed by atoms with Crippen LogP contribution < -0.4 is 10.6 Å². The van der Waals surface area contributed by atoms with Crippen molar-refractivity contribution in [2.45, 2.75) is 44.4 Å². The molecule has 1 saturated carbocycles. The molecule has 0 spiro atoms. The van der Waals surface area contributed by atoms with Gasteiger partial charge in [-0.05, 0) is 25.5 Å². The van der Waals surface area contributed by atoms with Crippen LogP contribution >= 0.6 is 11.8 Å². The van der Waals surface area contributed by atoms with Crippen LogP contribution in [0.15, 0.2) is 12.1 Å². The molecule has 116 valence electrons. The fourth-order valence-electron chi connectivity index (χ4n) is 2.66. The first-order chi connectivity index (χ1) is 10.1. The maximum absolute atomic E-state index is 11.0. The van der Waals surface area contributed by atoms with Gasteiger partial charge in [0.25, 0.3) is 5.69 Å². The van der Waals surface area contributed by atoms with E-state index >= 15 is 0 Å². The van der Waals surface area contributed by atoms with Gasteiger partial charge in [-0.3, -0.25) is 10.1 Å². The van der Waals surface area contributed by atoms with E-state index in [4.69, 9.17) is 0 Å². The van der Waals surface area contributed by atoms with Crippen LogP contribution in [-0.2, 0) is 0 Å². The highest BCUT2D eigenvalue weighted by Gasteiger charge is 2.27. The minimum absolute atomic E-state index is 0.0705. The fourth-order valence-corrected chi connectivity index (χ4v) is 3.86. The van der Waals surface area contributed by atoms with Crippen LogP contribution in [0.4, 0.5) is 17.3 Å². The second-order valence-corrected chi connectivity index (χ2v) is 6.57. The predicted octanol–water partition coefficient (Wildman–Crippen LogP) is 3.51. The summed E-state index contributed by atoms with van der Waals surface area (Å²) in [5, 5.41) is 18.0. The molecule has 1 aliphatic rings. The molecule has 0 aromatic carbocycles. The molecule has 0 bridgehead atoms. The lowest BCUT2D eigenvalue weighted by Gasteiger charge is -2.21. The Morgan fingerprint density at radius 2 is 2.14 bits per heavy atom. The van der Waals surface area contributed by atoms with E-state index < -0.39 is 0 Å². The highest BCUT2D eigenvalue weighted by Crippen LogP contribution is 2.32. The molecule has 21 heavy (non-hydrogen) atoms. The molecule has 0 aliphatic heterocycles. The summed E-state index contributed by atoms with van der Waals surface area (Å²) in [7, 11) is 0. The number of rotatable bonds is 7. The van der Waals surface area contributed by atoms with E-state index in [2.05, 4.69) is 22.5 Å². The van der Waals surface area contributed by atoms with Crippen molar-refractivity contribution < 1.29 is 4.92 Å². The van der Waals surface area contributed by atoms with Gasteiger partial charge in [0.05, 0.1) is 17.1 Å². The first-order valence-electron chi connectivity index (χ1n) is 7.42. The average molecular weight is 310 g/mol. The molecule has 1 aliphatic carbocycles. The Hall–Kier alpha value is -1.50. The van der Waals surface area contributed by atoms with E-state index in [0.29, 0.717) is 29.5 Å². The summed E-state index contributed by atoms with van der Waals surface area (Å²) in [5.74, 6) is 2.23. The zero-order valence-corrected chi connectivity index (χ0v) is 13.3. The van der Waals surface area contributed by atoms with Crippen molar-refractivity contribution in [2.75, 3.05) is 22.9 Å². The molecule has 7 heteroatoms. The van der Waals surface area contributed by atoms with Crippen LogP contribution in [0, 0.1) is 10.1 Å². The van der Waals surface area contributed by atoms with Crippen molar-refractivity contribution >= 4 is 29.1 Å². The van der Waals surface area contributed by atoms with Gasteiger partial charge in [-0.25, -0.2) is 4.98 Å². The summed E-state index contributed by atoms with van der Waals surface area (Å²) in [6.07, 6.45) is 3.49. The summed E-state index contributed by atoms with van der Waals surface area (Å²) in [6, 6.07) is 3.34. The number of aromatic nitrogens is 1. The van der Waals surface area contributed by atoms with E-state index in [9.17, 15) is 10.1 Å². The van der Waals surface area contributed by atoms with Crippen molar-refractivity contribution in [3.05, 3.63) is 22.2 Å². The third-order valence-electron chi connectivity index (χ3n) is 3.55. The number of nitrogens with zero attached hydrogens (tertiary/aromatic N) is 2. The number of anilines is 2. The van der Waals surface area contributed by atoms with Crippen LogP contribution in [0.3, 0.4) is 0 Å². The largest absolute Gasteiger partial charge is 0.370 e. The van der Waals surface area contributed by atoms with E-state index in [1.807, 2.05) is 18.7 Å². The molecule has 1 aromatic rings. The molecule has 0 radical (unpaired) electrons. The fraction of sp³-hybridized carbons (Fsp3) is 0.643. The first kappa shape index (κ1) is 15.9. The quantitative estimate of drug-likeness (QED) is 0.592. The van der Waals surface area contributed by atoms with Crippen LogP contribution in [-0.4, -0.2) is 33.5 Å². The molecule has 6 nitrogen and oxygen atoms in total. The van der Waals surface area contributed by atoms with Crippen LogP contribution in [0.2, 0.25) is 0 Å². The molecule has 2 unspecified atom stereocenters. The van der Waals surface area contributed by atoms with Crippen molar-refractivity contribution in [2.24, 2.45) is 0 Å². The summed E-state index contributed by atoms with van der Waals surface area (Å²) >= 11 is 1.95. The molecule has 0 saturated heterocycles. The third-order valence-corrected chi connectivity index (χ3v) is 4.87. The maximum atomic E-state index is 11.0. The first-order valence-corrected chi connectivity index (χ1v) is 8.47. The highest BCUT2D eigenvalue weighted by atomic mass is 32.2. The van der Waals surface area contributed by atoms with Gasteiger partial charge >= 0.3 is 0 Å². The Kier molecular flexibility index (Phi) is 5.67. The zero-order chi connectivity index (χ0) is 15.2. The third kappa shape index (κ3) is 4.23. The number of thioether (sulfide) groups is 1. The van der Waals surface area contributed by atoms with E-state index in [0.717, 1.165) is 12.2 Å². The lowest BCUT2D eigenvalue weighted by Crippen LogP contribution is -2.26. The minimum Gasteiger partial charge on any atom is -0.370 e. The van der Waals surface area contributed by atoms with Crippen LogP contribution in [0.25, 0.3) is 0 Å². The molecule has 1 aromatic heterocycles. The highest BCUT2D eigenvalue weighted by molar-refractivity contribution is 7.99. The second kappa shape index (κ2) is 7.49. The van der Waals surface area contributed by atoms with Crippen LogP contribution in [0.5, 0.6) is 0 Å². The van der Waals surface area contributed by atoms with Crippen molar-refractivity contribution in [1.82, 2.24) is 4.98 Å². The number of nitro groups is 1. The number of pyridine rings is 1. The van der Waals surface area contributed by atoms with Crippen molar-refractivity contribution in [1.29, 1.82) is 0 Å². The summed E-state index contributed by atoms with van der Waals surface area (Å²) < 4.78 is 0. The molecule has 2 atom stereocenters.